The number of pyridine rings is 1. The Morgan fingerprint density at radius 3 is 2.97 bits per heavy atom. The Labute approximate surface area is 188 Å². The maximum Gasteiger partial charge on any atom is 0.251 e. The predicted octanol–water partition coefficient (Wildman–Crippen LogP) is 1.47. The van der Waals surface area contributed by atoms with Crippen molar-refractivity contribution in [2.24, 2.45) is 0 Å². The molecule has 2 atom stereocenters. The predicted molar refractivity (Wildman–Crippen MR) is 116 cm³/mol. The largest absolute Gasteiger partial charge is 0.481 e. The number of carbonyl (C=O) groups is 1. The molecule has 2 aromatic heterocycles. The zero-order valence-electron chi connectivity index (χ0n) is 18.5. The maximum atomic E-state index is 12.9. The highest BCUT2D eigenvalue weighted by atomic mass is 16.5. The number of methoxy groups -OCH3 is 1. The first kappa shape index (κ1) is 21.4. The van der Waals surface area contributed by atoms with Gasteiger partial charge in [-0.1, -0.05) is 6.07 Å². The summed E-state index contributed by atoms with van der Waals surface area (Å²) in [5.41, 5.74) is 0.534. The molecule has 1 spiro atoms. The molecule has 0 aromatic carbocycles. The molecule has 0 bridgehead atoms. The van der Waals surface area contributed by atoms with E-state index in [1.165, 1.54) is 0 Å². The van der Waals surface area contributed by atoms with Crippen molar-refractivity contribution in [3.05, 3.63) is 42.1 Å². The Bertz CT molecular complexity index is 934. The first-order valence-corrected chi connectivity index (χ1v) is 11.5. The van der Waals surface area contributed by atoms with Gasteiger partial charge in [0.2, 0.25) is 5.88 Å². The number of ether oxygens (including phenoxy) is 3. The lowest BCUT2D eigenvalue weighted by Crippen LogP contribution is -2.54. The Kier molecular flexibility index (Phi) is 6.12. The molecule has 1 N–H and O–H groups in total. The fraction of sp³-hybridized carbons (Fsp3) is 0.609. The number of rotatable bonds is 6. The third-order valence-electron chi connectivity index (χ3n) is 6.77. The number of aromatic nitrogens is 3. The van der Waals surface area contributed by atoms with Crippen LogP contribution >= 0.6 is 0 Å². The van der Waals surface area contributed by atoms with E-state index in [9.17, 15) is 4.79 Å². The second-order valence-corrected chi connectivity index (χ2v) is 8.83. The van der Waals surface area contributed by atoms with Crippen molar-refractivity contribution in [3.8, 4) is 5.88 Å². The van der Waals surface area contributed by atoms with Crippen LogP contribution in [0.4, 0.5) is 0 Å². The topological polar surface area (TPSA) is 90.7 Å². The minimum atomic E-state index is -0.539. The molecule has 2 fully saturated rings. The second kappa shape index (κ2) is 9.17. The van der Waals surface area contributed by atoms with Gasteiger partial charge in [-0.3, -0.25) is 9.69 Å². The summed E-state index contributed by atoms with van der Waals surface area (Å²) in [4.78, 5) is 24.2. The molecule has 5 heterocycles. The summed E-state index contributed by atoms with van der Waals surface area (Å²) in [6, 6.07) is 3.98. The summed E-state index contributed by atoms with van der Waals surface area (Å²) in [6.45, 7) is 4.27. The van der Waals surface area contributed by atoms with Gasteiger partial charge in [0.05, 0.1) is 19.8 Å². The second-order valence-electron chi connectivity index (χ2n) is 8.83. The SMILES string of the molecule is COc1ncccc1CN1CCC2(CC1)O[C@@H](C(=O)NC[C@@H]1CCCO1)Cn1ccnc12. The van der Waals surface area contributed by atoms with Crippen LogP contribution < -0.4 is 10.1 Å². The molecule has 0 unspecified atom stereocenters. The molecule has 3 aliphatic rings. The van der Waals surface area contributed by atoms with Crippen molar-refractivity contribution in [2.75, 3.05) is 33.4 Å². The number of imidazole rings is 1. The van der Waals surface area contributed by atoms with Crippen LogP contribution in [0.1, 0.15) is 37.1 Å². The van der Waals surface area contributed by atoms with Crippen molar-refractivity contribution in [2.45, 2.75) is 56.6 Å². The van der Waals surface area contributed by atoms with Gasteiger partial charge < -0.3 is 24.1 Å². The zero-order valence-corrected chi connectivity index (χ0v) is 18.5. The average Bonchev–Trinajstić information content (AvgIpc) is 3.52. The van der Waals surface area contributed by atoms with E-state index in [1.807, 2.05) is 12.3 Å². The van der Waals surface area contributed by atoms with Crippen LogP contribution in [0.3, 0.4) is 0 Å². The number of hydrogen-bond acceptors (Lipinski definition) is 7. The molecule has 9 nitrogen and oxygen atoms in total. The molecule has 0 radical (unpaired) electrons. The highest BCUT2D eigenvalue weighted by Gasteiger charge is 2.47. The summed E-state index contributed by atoms with van der Waals surface area (Å²) in [5.74, 6) is 1.53. The average molecular weight is 442 g/mol. The Morgan fingerprint density at radius 1 is 1.31 bits per heavy atom. The highest BCUT2D eigenvalue weighted by molar-refractivity contribution is 5.81. The van der Waals surface area contributed by atoms with Gasteiger partial charge in [-0.25, -0.2) is 9.97 Å². The van der Waals surface area contributed by atoms with Gasteiger partial charge in [-0.05, 0) is 31.7 Å². The molecule has 2 aromatic rings. The van der Waals surface area contributed by atoms with Crippen LogP contribution in [0.15, 0.2) is 30.7 Å². The zero-order chi connectivity index (χ0) is 22.0. The quantitative estimate of drug-likeness (QED) is 0.726. The monoisotopic (exact) mass is 441 g/mol. The summed E-state index contributed by atoms with van der Waals surface area (Å²) in [7, 11) is 1.65. The lowest BCUT2D eigenvalue weighted by molar-refractivity contribution is -0.174. The molecule has 3 aliphatic heterocycles. The van der Waals surface area contributed by atoms with Crippen LogP contribution in [0.25, 0.3) is 0 Å². The molecule has 1 amide bonds. The van der Waals surface area contributed by atoms with Crippen LogP contribution in [-0.2, 0) is 33.0 Å². The lowest BCUT2D eigenvalue weighted by atomic mass is 9.88. The molecular formula is C23H31N5O4. The van der Waals surface area contributed by atoms with Crippen molar-refractivity contribution in [3.63, 3.8) is 0 Å². The number of nitrogens with zero attached hydrogens (tertiary/aromatic N) is 4. The lowest BCUT2D eigenvalue weighted by Gasteiger charge is -2.45. The first-order valence-electron chi connectivity index (χ1n) is 11.5. The van der Waals surface area contributed by atoms with Crippen molar-refractivity contribution in [1.82, 2.24) is 24.8 Å². The molecule has 0 aliphatic carbocycles. The number of carbonyl (C=O) groups excluding carboxylic acids is 1. The summed E-state index contributed by atoms with van der Waals surface area (Å²) in [6.07, 6.45) is 8.71. The van der Waals surface area contributed by atoms with E-state index in [0.29, 0.717) is 19.0 Å². The molecule has 2 saturated heterocycles. The first-order chi connectivity index (χ1) is 15.7. The number of likely N-dealkylation sites (tertiary alicyclic amines) is 1. The maximum absolute atomic E-state index is 12.9. The Hall–Kier alpha value is -2.49. The van der Waals surface area contributed by atoms with E-state index in [2.05, 4.69) is 30.8 Å². The molecule has 32 heavy (non-hydrogen) atoms. The summed E-state index contributed by atoms with van der Waals surface area (Å²) in [5, 5.41) is 3.04. The highest BCUT2D eigenvalue weighted by Crippen LogP contribution is 2.40. The van der Waals surface area contributed by atoms with Gasteiger partial charge in [-0.15, -0.1) is 0 Å². The molecule has 172 valence electrons. The number of amides is 1. The van der Waals surface area contributed by atoms with Crippen LogP contribution in [-0.4, -0.2) is 70.9 Å². The van der Waals surface area contributed by atoms with Crippen molar-refractivity contribution >= 4 is 5.91 Å². The van der Waals surface area contributed by atoms with E-state index >= 15 is 0 Å². The van der Waals surface area contributed by atoms with E-state index in [4.69, 9.17) is 14.2 Å². The number of fused-ring (bicyclic) bond motifs is 2. The summed E-state index contributed by atoms with van der Waals surface area (Å²) >= 11 is 0. The van der Waals surface area contributed by atoms with Crippen molar-refractivity contribution < 1.29 is 19.0 Å². The number of hydrogen-bond donors (Lipinski definition) is 1. The third kappa shape index (κ3) is 4.24. The Morgan fingerprint density at radius 2 is 2.19 bits per heavy atom. The van der Waals surface area contributed by atoms with E-state index < -0.39 is 11.7 Å². The van der Waals surface area contributed by atoms with Gasteiger partial charge in [0.15, 0.2) is 6.10 Å². The van der Waals surface area contributed by atoms with Gasteiger partial charge >= 0.3 is 0 Å². The van der Waals surface area contributed by atoms with Crippen LogP contribution in [0.5, 0.6) is 5.88 Å². The minimum absolute atomic E-state index is 0.0678. The van der Waals surface area contributed by atoms with Gasteiger partial charge in [-0.2, -0.15) is 0 Å². The summed E-state index contributed by atoms with van der Waals surface area (Å²) < 4.78 is 19.6. The normalized spacial score (nSPS) is 24.9. The smallest absolute Gasteiger partial charge is 0.251 e. The third-order valence-corrected chi connectivity index (χ3v) is 6.77. The van der Waals surface area contributed by atoms with E-state index in [1.54, 1.807) is 19.5 Å². The number of nitrogens with one attached hydrogen (secondary N) is 1. The van der Waals surface area contributed by atoms with Crippen molar-refractivity contribution in [1.29, 1.82) is 0 Å². The van der Waals surface area contributed by atoms with Crippen LogP contribution in [0, 0.1) is 0 Å². The standard InChI is InChI=1S/C23H31N5O4/c1-30-21-17(4-2-8-24-21)15-27-10-6-23(7-11-27)22-25-9-12-28(22)16-19(32-23)20(29)26-14-18-5-3-13-31-18/h2,4,8-9,12,18-19H,3,5-7,10-11,13-16H2,1H3,(H,26,29)/t18-,19+/m0/s1. The fourth-order valence-electron chi connectivity index (χ4n) is 5.05. The van der Waals surface area contributed by atoms with Gasteiger partial charge in [0.1, 0.15) is 11.4 Å². The minimum Gasteiger partial charge on any atom is -0.481 e. The van der Waals surface area contributed by atoms with Crippen LogP contribution in [0.2, 0.25) is 0 Å². The number of piperidine rings is 1. The van der Waals surface area contributed by atoms with Gasteiger partial charge in [0.25, 0.3) is 5.91 Å². The van der Waals surface area contributed by atoms with Gasteiger partial charge in [0, 0.05) is 56.9 Å². The molecule has 9 heteroatoms. The molecule has 5 rings (SSSR count). The molecule has 0 saturated carbocycles. The van der Waals surface area contributed by atoms with E-state index in [-0.39, 0.29) is 12.0 Å². The van der Waals surface area contributed by atoms with E-state index in [0.717, 1.165) is 63.3 Å². The molecular weight excluding hydrogens is 410 g/mol. The Balaban J connectivity index is 1.25. The fourth-order valence-corrected chi connectivity index (χ4v) is 5.05.